The lowest BCUT2D eigenvalue weighted by Crippen LogP contribution is -2.22. The predicted octanol–water partition coefficient (Wildman–Crippen LogP) is -2.55. The van der Waals surface area contributed by atoms with Gasteiger partial charge in [0.1, 0.15) is 14.7 Å². The lowest BCUT2D eigenvalue weighted by molar-refractivity contribution is 0.117. The third kappa shape index (κ3) is 5.22. The van der Waals surface area contributed by atoms with Gasteiger partial charge in [-0.3, -0.25) is 0 Å². The van der Waals surface area contributed by atoms with Gasteiger partial charge in [-0.2, -0.15) is 0 Å². The van der Waals surface area contributed by atoms with Gasteiger partial charge >= 0.3 is 0 Å². The Labute approximate surface area is 80.0 Å². The van der Waals surface area contributed by atoms with Gasteiger partial charge in [0.05, 0.1) is 13.2 Å². The summed E-state index contributed by atoms with van der Waals surface area (Å²) in [6.45, 7) is 2.46. The highest BCUT2D eigenvalue weighted by Crippen LogP contribution is 2.08. The van der Waals surface area contributed by atoms with Crippen LogP contribution in [0.5, 0.6) is 0 Å². The van der Waals surface area contributed by atoms with Gasteiger partial charge in [-0.1, -0.05) is 0 Å². The third-order valence-corrected chi connectivity index (χ3v) is 16.6. The maximum atomic E-state index is 9.43. The van der Waals surface area contributed by atoms with Crippen LogP contribution in [-0.2, 0) is 9.47 Å². The molecule has 2 atom stereocenters. The quantitative estimate of drug-likeness (QED) is 0.293. The first-order chi connectivity index (χ1) is 5.83. The minimum Gasteiger partial charge on any atom is -0.439 e. The van der Waals surface area contributed by atoms with Crippen LogP contribution in [0, 0.1) is 0 Å². The molecule has 1 fully saturated rings. The molecule has 0 aromatic carbocycles. The maximum absolute atomic E-state index is 9.43. The van der Waals surface area contributed by atoms with Crippen molar-refractivity contribution < 1.29 is 14.3 Å². The molecule has 72 valence electrons. The molecule has 0 spiro atoms. The van der Waals surface area contributed by atoms with Gasteiger partial charge in [0.15, 0.2) is 0 Å². The van der Waals surface area contributed by atoms with E-state index < -0.39 is 8.56 Å². The van der Waals surface area contributed by atoms with Gasteiger partial charge in [0.25, 0.3) is 0 Å². The summed E-state index contributed by atoms with van der Waals surface area (Å²) in [5.74, 6) is 0. The van der Waals surface area contributed by atoms with Crippen molar-refractivity contribution in [3.05, 3.63) is 0 Å². The van der Waals surface area contributed by atoms with Crippen LogP contribution in [0.15, 0.2) is 0 Å². The van der Waals surface area contributed by atoms with Crippen LogP contribution in [0.4, 0.5) is 0 Å². The lowest BCUT2D eigenvalue weighted by atomic mass is 10.5. The SMILES string of the molecule is O[SiH](CCCOCC1CO1)[SiH2][SiH3]. The van der Waals surface area contributed by atoms with Crippen LogP contribution in [0.1, 0.15) is 6.42 Å². The van der Waals surface area contributed by atoms with E-state index in [1.54, 1.807) is 0 Å². The summed E-state index contributed by atoms with van der Waals surface area (Å²) >= 11 is 0. The molecule has 1 N–H and O–H groups in total. The fourth-order valence-corrected chi connectivity index (χ4v) is 7.82. The second-order valence-electron chi connectivity index (χ2n) is 3.23. The molecular weight excluding hydrogens is 204 g/mol. The Morgan fingerprint density at radius 3 is 3.08 bits per heavy atom. The van der Waals surface area contributed by atoms with E-state index in [-0.39, 0.29) is 8.55 Å². The van der Waals surface area contributed by atoms with Crippen LogP contribution in [0.2, 0.25) is 6.04 Å². The van der Waals surface area contributed by atoms with Crippen molar-refractivity contribution >= 4 is 26.9 Å². The topological polar surface area (TPSA) is 42.0 Å². The van der Waals surface area contributed by atoms with E-state index >= 15 is 0 Å². The van der Waals surface area contributed by atoms with E-state index in [1.165, 1.54) is 9.76 Å². The molecule has 2 unspecified atom stereocenters. The molecule has 12 heavy (non-hydrogen) atoms. The summed E-state index contributed by atoms with van der Waals surface area (Å²) in [6, 6.07) is 1.08. The second kappa shape index (κ2) is 6.06. The molecule has 1 aliphatic rings. The van der Waals surface area contributed by atoms with Crippen molar-refractivity contribution in [3.63, 3.8) is 0 Å². The zero-order chi connectivity index (χ0) is 8.81. The fourth-order valence-electron chi connectivity index (χ4n) is 1.00. The zero-order valence-electron chi connectivity index (χ0n) is 7.66. The first kappa shape index (κ1) is 10.6. The Bertz CT molecular complexity index is 121. The largest absolute Gasteiger partial charge is 0.439 e. The minimum atomic E-state index is -1.14. The van der Waals surface area contributed by atoms with Crippen molar-refractivity contribution in [1.29, 1.82) is 0 Å². The molecule has 6 heteroatoms. The summed E-state index contributed by atoms with van der Waals surface area (Å²) in [7, 11) is 0.199. The Morgan fingerprint density at radius 2 is 2.50 bits per heavy atom. The van der Waals surface area contributed by atoms with Crippen molar-refractivity contribution in [1.82, 2.24) is 0 Å². The Morgan fingerprint density at radius 1 is 1.75 bits per heavy atom. The van der Waals surface area contributed by atoms with Crippen molar-refractivity contribution in [2.24, 2.45) is 0 Å². The molecular formula is C6H18O3Si3. The van der Waals surface area contributed by atoms with Crippen molar-refractivity contribution in [3.8, 4) is 0 Å². The van der Waals surface area contributed by atoms with Gasteiger partial charge in [-0.25, -0.2) is 0 Å². The van der Waals surface area contributed by atoms with Crippen LogP contribution >= 0.6 is 0 Å². The number of epoxide rings is 1. The van der Waals surface area contributed by atoms with E-state index in [9.17, 15) is 4.80 Å². The minimum absolute atomic E-state index is 0.0539. The molecule has 1 heterocycles. The molecule has 0 aliphatic carbocycles. The van der Waals surface area contributed by atoms with Gasteiger partial charge in [0.2, 0.25) is 0 Å². The molecule has 1 rings (SSSR count). The number of rotatable bonds is 7. The molecule has 0 aromatic heterocycles. The average molecular weight is 222 g/mol. The van der Waals surface area contributed by atoms with E-state index in [4.69, 9.17) is 9.47 Å². The standard InChI is InChI=1S/C6H18O3Si3/c7-12(11-10)3-1-2-8-4-6-5-9-6/h6-7,12H,1-5,11H2,10H3. The summed E-state index contributed by atoms with van der Waals surface area (Å²) in [5, 5.41) is 0. The molecule has 0 aromatic rings. The Balaban J connectivity index is 1.75. The first-order valence-corrected chi connectivity index (χ1v) is 15.0. The van der Waals surface area contributed by atoms with E-state index in [0.717, 1.165) is 32.3 Å². The summed E-state index contributed by atoms with van der Waals surface area (Å²) in [5.41, 5.74) is 0. The van der Waals surface area contributed by atoms with Crippen LogP contribution in [0.3, 0.4) is 0 Å². The Hall–Kier alpha value is 0.531. The van der Waals surface area contributed by atoms with E-state index in [1.807, 2.05) is 0 Å². The van der Waals surface area contributed by atoms with Gasteiger partial charge in [0, 0.05) is 15.2 Å². The predicted molar refractivity (Wildman–Crippen MR) is 57.8 cm³/mol. The van der Waals surface area contributed by atoms with Crippen molar-refractivity contribution in [2.75, 3.05) is 19.8 Å². The molecule has 1 aliphatic heterocycles. The summed E-state index contributed by atoms with van der Waals surface area (Å²) in [6.07, 6.45) is 1.45. The average Bonchev–Trinajstić information content (AvgIpc) is 2.87. The Kier molecular flexibility index (Phi) is 5.35. The molecule has 0 saturated carbocycles. The molecule has 3 nitrogen and oxygen atoms in total. The highest BCUT2D eigenvalue weighted by Gasteiger charge is 2.21. The maximum Gasteiger partial charge on any atom is 0.150 e. The second-order valence-corrected chi connectivity index (χ2v) is 18.6. The van der Waals surface area contributed by atoms with Gasteiger partial charge < -0.3 is 14.3 Å². The van der Waals surface area contributed by atoms with Crippen LogP contribution in [-0.4, -0.2) is 57.6 Å². The van der Waals surface area contributed by atoms with Crippen LogP contribution < -0.4 is 0 Å². The molecule has 0 radical (unpaired) electrons. The van der Waals surface area contributed by atoms with Gasteiger partial charge in [-0.15, -0.1) is 0 Å². The van der Waals surface area contributed by atoms with E-state index in [2.05, 4.69) is 0 Å². The fraction of sp³-hybridized carbons (Fsp3) is 1.00. The molecule has 0 bridgehead atoms. The monoisotopic (exact) mass is 222 g/mol. The van der Waals surface area contributed by atoms with Gasteiger partial charge in [-0.05, 0) is 22.2 Å². The number of hydrogen-bond donors (Lipinski definition) is 1. The number of hydrogen-bond acceptors (Lipinski definition) is 3. The van der Waals surface area contributed by atoms with E-state index in [0.29, 0.717) is 6.10 Å². The van der Waals surface area contributed by atoms with Crippen molar-refractivity contribution in [2.45, 2.75) is 18.6 Å². The smallest absolute Gasteiger partial charge is 0.150 e. The highest BCUT2D eigenvalue weighted by molar-refractivity contribution is 7.28. The number of ether oxygens (including phenoxy) is 2. The molecule has 1 saturated heterocycles. The van der Waals surface area contributed by atoms with Crippen LogP contribution in [0.25, 0.3) is 0 Å². The first-order valence-electron chi connectivity index (χ1n) is 4.70. The lowest BCUT2D eigenvalue weighted by Gasteiger charge is -2.04. The summed E-state index contributed by atoms with van der Waals surface area (Å²) in [4.78, 5) is 9.43. The highest BCUT2D eigenvalue weighted by atomic mass is 29.5. The molecule has 0 amide bonds. The zero-order valence-corrected chi connectivity index (χ0v) is 12.2. The third-order valence-electron chi connectivity index (χ3n) is 2.00. The normalized spacial score (nSPS) is 25.2. The summed E-state index contributed by atoms with van der Waals surface area (Å²) < 4.78 is 10.4.